The Balaban J connectivity index is 2.23. The second-order valence-corrected chi connectivity index (χ2v) is 4.87. The Morgan fingerprint density at radius 1 is 1.24 bits per heavy atom. The summed E-state index contributed by atoms with van der Waals surface area (Å²) in [5.74, 6) is 4.68. The van der Waals surface area contributed by atoms with Gasteiger partial charge >= 0.3 is 0 Å². The molecule has 0 aliphatic carbocycles. The van der Waals surface area contributed by atoms with E-state index in [0.29, 0.717) is 6.54 Å². The van der Waals surface area contributed by atoms with Gasteiger partial charge in [-0.05, 0) is 30.3 Å². The number of benzene rings is 2. The molecule has 4 nitrogen and oxygen atoms in total. The van der Waals surface area contributed by atoms with Crippen LogP contribution < -0.4 is 11.3 Å². The summed E-state index contributed by atoms with van der Waals surface area (Å²) in [6.07, 6.45) is 0. The summed E-state index contributed by atoms with van der Waals surface area (Å²) in [6.45, 7) is 0.435. The highest BCUT2D eigenvalue weighted by molar-refractivity contribution is 5.82. The molecule has 5 heteroatoms. The maximum Gasteiger partial charge on any atom is 0.255 e. The number of rotatable bonds is 5. The van der Waals surface area contributed by atoms with Crippen LogP contribution in [-0.4, -0.2) is 17.9 Å². The molecule has 0 heterocycles. The van der Waals surface area contributed by atoms with Crippen LogP contribution in [0, 0.1) is 5.82 Å². The highest BCUT2D eigenvalue weighted by Gasteiger charge is 2.24. The maximum atomic E-state index is 13.2. The lowest BCUT2D eigenvalue weighted by Gasteiger charge is -2.27. The molecule has 0 aliphatic rings. The first kappa shape index (κ1) is 15.2. The minimum atomic E-state index is -0.528. The Kier molecular flexibility index (Phi) is 5.03. The Morgan fingerprint density at radius 3 is 2.57 bits per heavy atom. The third-order valence-electron chi connectivity index (χ3n) is 3.27. The molecule has 21 heavy (non-hydrogen) atoms. The van der Waals surface area contributed by atoms with Crippen molar-refractivity contribution in [2.24, 2.45) is 5.84 Å². The van der Waals surface area contributed by atoms with Gasteiger partial charge in [0.25, 0.3) is 5.91 Å². The van der Waals surface area contributed by atoms with E-state index in [-0.39, 0.29) is 11.7 Å². The van der Waals surface area contributed by atoms with Crippen LogP contribution >= 0.6 is 0 Å². The first-order valence-electron chi connectivity index (χ1n) is 6.62. The van der Waals surface area contributed by atoms with Crippen LogP contribution in [0.1, 0.15) is 17.2 Å². The molecule has 0 aliphatic heterocycles. The first-order chi connectivity index (χ1) is 10.1. The summed E-state index contributed by atoms with van der Waals surface area (Å²) >= 11 is 0. The number of carbonyl (C=O) groups excluding carboxylic acids is 1. The lowest BCUT2D eigenvalue weighted by Crippen LogP contribution is -2.41. The largest absolute Gasteiger partial charge is 0.293 e. The number of nitrogens with zero attached hydrogens (tertiary/aromatic N) is 1. The third kappa shape index (κ3) is 3.87. The van der Waals surface area contributed by atoms with Crippen molar-refractivity contribution in [1.29, 1.82) is 0 Å². The summed E-state index contributed by atoms with van der Waals surface area (Å²) in [7, 11) is 1.80. The Morgan fingerprint density at radius 2 is 1.95 bits per heavy atom. The molecule has 0 saturated heterocycles. The van der Waals surface area contributed by atoms with Gasteiger partial charge in [0, 0.05) is 6.54 Å². The topological polar surface area (TPSA) is 58.4 Å². The summed E-state index contributed by atoms with van der Waals surface area (Å²) < 4.78 is 13.2. The monoisotopic (exact) mass is 287 g/mol. The summed E-state index contributed by atoms with van der Waals surface area (Å²) in [5.41, 5.74) is 3.81. The molecule has 0 radical (unpaired) electrons. The van der Waals surface area contributed by atoms with E-state index in [1.54, 1.807) is 13.1 Å². The van der Waals surface area contributed by atoms with Crippen molar-refractivity contribution in [3.8, 4) is 0 Å². The Hall–Kier alpha value is -2.24. The van der Waals surface area contributed by atoms with Crippen LogP contribution in [0.15, 0.2) is 54.6 Å². The van der Waals surface area contributed by atoms with E-state index in [0.717, 1.165) is 11.1 Å². The zero-order valence-corrected chi connectivity index (χ0v) is 11.8. The molecule has 2 aromatic carbocycles. The lowest BCUT2D eigenvalue weighted by atomic mass is 10.0. The summed E-state index contributed by atoms with van der Waals surface area (Å²) in [5, 5.41) is 0. The average molecular weight is 287 g/mol. The van der Waals surface area contributed by atoms with E-state index in [1.165, 1.54) is 12.1 Å². The number of hydrogen-bond acceptors (Lipinski definition) is 3. The van der Waals surface area contributed by atoms with Crippen molar-refractivity contribution >= 4 is 5.91 Å². The highest BCUT2D eigenvalue weighted by Crippen LogP contribution is 2.21. The molecule has 1 unspecified atom stereocenters. The van der Waals surface area contributed by atoms with Crippen molar-refractivity contribution < 1.29 is 9.18 Å². The number of nitrogens with two attached hydrogens (primary N) is 1. The second-order valence-electron chi connectivity index (χ2n) is 4.87. The molecule has 0 spiro atoms. The van der Waals surface area contributed by atoms with Gasteiger partial charge in [0.1, 0.15) is 11.9 Å². The molecule has 1 atom stereocenters. The van der Waals surface area contributed by atoms with Crippen molar-refractivity contribution in [3.05, 3.63) is 71.5 Å². The molecule has 0 fully saturated rings. The maximum absolute atomic E-state index is 13.2. The van der Waals surface area contributed by atoms with E-state index in [1.807, 2.05) is 41.3 Å². The van der Waals surface area contributed by atoms with Crippen LogP contribution in [0.25, 0.3) is 0 Å². The second kappa shape index (κ2) is 6.97. The van der Waals surface area contributed by atoms with Gasteiger partial charge in [-0.15, -0.1) is 0 Å². The molecular formula is C16H18FN3O. The Labute approximate surface area is 123 Å². The average Bonchev–Trinajstić information content (AvgIpc) is 2.48. The predicted octanol–water partition coefficient (Wildman–Crippen LogP) is 1.99. The van der Waals surface area contributed by atoms with E-state index >= 15 is 0 Å². The minimum absolute atomic E-state index is 0.291. The van der Waals surface area contributed by atoms with Gasteiger partial charge in [-0.1, -0.05) is 42.5 Å². The molecule has 110 valence electrons. The lowest BCUT2D eigenvalue weighted by molar-refractivity contribution is -0.126. The fourth-order valence-electron chi connectivity index (χ4n) is 2.33. The number of hydrazine groups is 1. The molecule has 0 aromatic heterocycles. The van der Waals surface area contributed by atoms with Gasteiger partial charge in [0.05, 0.1) is 0 Å². The fourth-order valence-corrected chi connectivity index (χ4v) is 2.33. The van der Waals surface area contributed by atoms with E-state index in [4.69, 9.17) is 5.84 Å². The molecule has 3 N–H and O–H groups in total. The molecular weight excluding hydrogens is 269 g/mol. The van der Waals surface area contributed by atoms with E-state index in [2.05, 4.69) is 5.43 Å². The van der Waals surface area contributed by atoms with Crippen LogP contribution in [0.2, 0.25) is 0 Å². The van der Waals surface area contributed by atoms with Crippen LogP contribution in [0.5, 0.6) is 0 Å². The summed E-state index contributed by atoms with van der Waals surface area (Å²) in [4.78, 5) is 13.9. The smallest absolute Gasteiger partial charge is 0.255 e. The van der Waals surface area contributed by atoms with Crippen molar-refractivity contribution in [2.45, 2.75) is 12.6 Å². The molecule has 2 aromatic rings. The van der Waals surface area contributed by atoms with Crippen molar-refractivity contribution in [2.75, 3.05) is 7.05 Å². The fraction of sp³-hybridized carbons (Fsp3) is 0.188. The normalized spacial score (nSPS) is 12.2. The highest BCUT2D eigenvalue weighted by atomic mass is 19.1. The van der Waals surface area contributed by atoms with Crippen LogP contribution in [-0.2, 0) is 11.3 Å². The number of carbonyl (C=O) groups is 1. The molecule has 0 bridgehead atoms. The standard InChI is InChI=1S/C16H18FN3O/c1-20(11-12-6-5-9-14(17)10-12)15(16(21)19-18)13-7-3-2-4-8-13/h2-10,15H,11,18H2,1H3,(H,19,21). The Bertz CT molecular complexity index is 603. The SMILES string of the molecule is CN(Cc1cccc(F)c1)C(C(=O)NN)c1ccccc1. The van der Waals surface area contributed by atoms with Gasteiger partial charge < -0.3 is 0 Å². The number of likely N-dealkylation sites (N-methyl/N-ethyl adjacent to an activating group) is 1. The zero-order chi connectivity index (χ0) is 15.2. The number of hydrogen-bond donors (Lipinski definition) is 2. The zero-order valence-electron chi connectivity index (χ0n) is 11.8. The van der Waals surface area contributed by atoms with Gasteiger partial charge in [-0.3, -0.25) is 15.1 Å². The summed E-state index contributed by atoms with van der Waals surface area (Å²) in [6, 6.07) is 15.1. The van der Waals surface area contributed by atoms with Gasteiger partial charge in [-0.25, -0.2) is 10.2 Å². The van der Waals surface area contributed by atoms with E-state index in [9.17, 15) is 9.18 Å². The number of halogens is 1. The van der Waals surface area contributed by atoms with E-state index < -0.39 is 6.04 Å². The quantitative estimate of drug-likeness (QED) is 0.502. The molecule has 2 rings (SSSR count). The number of nitrogens with one attached hydrogen (secondary N) is 1. The molecule has 0 saturated carbocycles. The molecule has 1 amide bonds. The van der Waals surface area contributed by atoms with Crippen molar-refractivity contribution in [1.82, 2.24) is 10.3 Å². The van der Waals surface area contributed by atoms with Gasteiger partial charge in [-0.2, -0.15) is 0 Å². The van der Waals surface area contributed by atoms with Gasteiger partial charge in [0.2, 0.25) is 0 Å². The van der Waals surface area contributed by atoms with Gasteiger partial charge in [0.15, 0.2) is 0 Å². The number of amides is 1. The third-order valence-corrected chi connectivity index (χ3v) is 3.27. The minimum Gasteiger partial charge on any atom is -0.293 e. The van der Waals surface area contributed by atoms with Crippen LogP contribution in [0.4, 0.5) is 4.39 Å². The van der Waals surface area contributed by atoms with Crippen LogP contribution in [0.3, 0.4) is 0 Å². The van der Waals surface area contributed by atoms with Crippen molar-refractivity contribution in [3.63, 3.8) is 0 Å². The predicted molar refractivity (Wildman–Crippen MR) is 79.4 cm³/mol. The first-order valence-corrected chi connectivity index (χ1v) is 6.62.